The molecule has 7 heteroatoms. The van der Waals surface area contributed by atoms with Crippen molar-refractivity contribution in [2.45, 2.75) is 18.9 Å². The van der Waals surface area contributed by atoms with Crippen LogP contribution in [0.4, 0.5) is 4.39 Å². The minimum Gasteiger partial charge on any atom is -0.492 e. The first-order valence-corrected chi connectivity index (χ1v) is 11.5. The van der Waals surface area contributed by atoms with Crippen LogP contribution in [0, 0.1) is 11.7 Å². The fraction of sp³-hybridized carbons (Fsp3) is 0.308. The fourth-order valence-electron chi connectivity index (χ4n) is 4.23. The van der Waals surface area contributed by atoms with Gasteiger partial charge in [-0.25, -0.2) is 4.39 Å². The average molecular weight is 468 g/mol. The van der Waals surface area contributed by atoms with E-state index in [0.29, 0.717) is 17.1 Å². The molecule has 0 bridgehead atoms. The van der Waals surface area contributed by atoms with Crippen LogP contribution in [0.1, 0.15) is 30.0 Å². The Bertz CT molecular complexity index is 1040. The molecule has 1 amide bonds. The smallest absolute Gasteiger partial charge is 0.226 e. The molecule has 0 radical (unpaired) electrons. The predicted molar refractivity (Wildman–Crippen MR) is 127 cm³/mol. The molecule has 1 saturated heterocycles. The molecular weight excluding hydrogens is 441 g/mol. The summed E-state index contributed by atoms with van der Waals surface area (Å²) in [7, 11) is 0. The summed E-state index contributed by atoms with van der Waals surface area (Å²) in [6, 6.07) is 17.7. The number of carbonyl (C=O) groups excluding carboxylic acids is 1. The van der Waals surface area contributed by atoms with Crippen LogP contribution in [0.25, 0.3) is 0 Å². The first-order valence-electron chi connectivity index (χ1n) is 11.2. The topological polar surface area (TPSA) is 54.5 Å². The average Bonchev–Trinajstić information content (AvgIpc) is 2.86. The van der Waals surface area contributed by atoms with Gasteiger partial charge in [-0.05, 0) is 61.8 Å². The van der Waals surface area contributed by atoms with Crippen molar-refractivity contribution in [1.29, 1.82) is 0 Å². The van der Waals surface area contributed by atoms with Crippen molar-refractivity contribution in [3.63, 3.8) is 0 Å². The van der Waals surface area contributed by atoms with E-state index < -0.39 is 11.9 Å². The number of para-hydroxylation sites is 1. The minimum absolute atomic E-state index is 0.00400. The molecule has 3 aromatic rings. The molecule has 0 spiro atoms. The Hall–Kier alpha value is -2.96. The van der Waals surface area contributed by atoms with E-state index in [0.717, 1.165) is 37.2 Å². The SMILES string of the molecule is O=C(C1CCNCC1)N(CCOc1ccccc1)[C@@H](c1ccc(Cl)cc1)c1ccncc1F. The van der Waals surface area contributed by atoms with Gasteiger partial charge in [0.25, 0.3) is 0 Å². The van der Waals surface area contributed by atoms with Gasteiger partial charge in [-0.2, -0.15) is 0 Å². The number of halogens is 2. The van der Waals surface area contributed by atoms with Gasteiger partial charge in [0.05, 0.1) is 18.8 Å². The van der Waals surface area contributed by atoms with Crippen LogP contribution in [0.5, 0.6) is 5.75 Å². The second-order valence-corrected chi connectivity index (χ2v) is 8.51. The lowest BCUT2D eigenvalue weighted by Gasteiger charge is -2.36. The minimum atomic E-state index is -0.618. The number of ether oxygens (including phenoxy) is 1. The van der Waals surface area contributed by atoms with E-state index in [1.165, 1.54) is 6.20 Å². The molecule has 33 heavy (non-hydrogen) atoms. The Morgan fingerprint density at radius 1 is 1.12 bits per heavy atom. The van der Waals surface area contributed by atoms with Gasteiger partial charge in [-0.1, -0.05) is 41.9 Å². The standard InChI is InChI=1S/C26H27ClFN3O2/c27-21-8-6-19(7-9-21)25(23-12-15-30-18-24(23)28)31(26(32)20-10-13-29-14-11-20)16-17-33-22-4-2-1-3-5-22/h1-9,12,15,18,20,25,29H,10-11,13-14,16-17H2/t25-/m0/s1. The Morgan fingerprint density at radius 3 is 2.55 bits per heavy atom. The summed E-state index contributed by atoms with van der Waals surface area (Å²) in [6.45, 7) is 2.18. The van der Waals surface area contributed by atoms with Gasteiger partial charge < -0.3 is 15.0 Å². The van der Waals surface area contributed by atoms with Crippen molar-refractivity contribution >= 4 is 17.5 Å². The lowest BCUT2D eigenvalue weighted by molar-refractivity contribution is -0.138. The van der Waals surface area contributed by atoms with Crippen LogP contribution in [0.2, 0.25) is 5.02 Å². The highest BCUT2D eigenvalue weighted by Crippen LogP contribution is 2.33. The van der Waals surface area contributed by atoms with Crippen molar-refractivity contribution in [2.75, 3.05) is 26.2 Å². The van der Waals surface area contributed by atoms with E-state index in [2.05, 4.69) is 10.3 Å². The van der Waals surface area contributed by atoms with Crippen molar-refractivity contribution in [1.82, 2.24) is 15.2 Å². The van der Waals surface area contributed by atoms with Crippen LogP contribution < -0.4 is 10.1 Å². The first kappa shape index (κ1) is 23.2. The van der Waals surface area contributed by atoms with Crippen molar-refractivity contribution in [3.05, 3.63) is 95.0 Å². The van der Waals surface area contributed by atoms with E-state index in [1.54, 1.807) is 29.3 Å². The van der Waals surface area contributed by atoms with Crippen molar-refractivity contribution in [3.8, 4) is 5.75 Å². The van der Waals surface area contributed by atoms with Crippen molar-refractivity contribution in [2.24, 2.45) is 5.92 Å². The third-order valence-corrected chi connectivity index (χ3v) is 6.16. The third kappa shape index (κ3) is 5.89. The van der Waals surface area contributed by atoms with E-state index in [1.807, 2.05) is 42.5 Å². The lowest BCUT2D eigenvalue weighted by atomic mass is 9.92. The Kier molecular flexibility index (Phi) is 7.92. The number of hydrogen-bond donors (Lipinski definition) is 1. The molecule has 172 valence electrons. The molecule has 1 aromatic heterocycles. The number of amides is 1. The van der Waals surface area contributed by atoms with E-state index in [-0.39, 0.29) is 18.4 Å². The van der Waals surface area contributed by atoms with Gasteiger partial charge in [-0.15, -0.1) is 0 Å². The second-order valence-electron chi connectivity index (χ2n) is 8.07. The molecule has 0 saturated carbocycles. The molecule has 2 aromatic carbocycles. The number of pyridine rings is 1. The first-order chi connectivity index (χ1) is 16.1. The van der Waals surface area contributed by atoms with Gasteiger partial charge in [0.15, 0.2) is 0 Å². The molecular formula is C26H27ClFN3O2. The zero-order chi connectivity index (χ0) is 23.0. The predicted octanol–water partition coefficient (Wildman–Crippen LogP) is 4.87. The van der Waals surface area contributed by atoms with Crippen LogP contribution >= 0.6 is 11.6 Å². The van der Waals surface area contributed by atoms with Crippen LogP contribution in [0.15, 0.2) is 73.1 Å². The molecule has 2 heterocycles. The van der Waals surface area contributed by atoms with E-state index in [9.17, 15) is 9.18 Å². The molecule has 1 N–H and O–H groups in total. The number of piperidine rings is 1. The third-order valence-electron chi connectivity index (χ3n) is 5.91. The summed E-state index contributed by atoms with van der Waals surface area (Å²) in [5, 5.41) is 3.88. The maximum Gasteiger partial charge on any atom is 0.226 e. The normalized spacial score (nSPS) is 15.1. The molecule has 1 fully saturated rings. The number of nitrogens with one attached hydrogen (secondary N) is 1. The van der Waals surface area contributed by atoms with E-state index in [4.69, 9.17) is 16.3 Å². The number of nitrogens with zero attached hydrogens (tertiary/aromatic N) is 2. The lowest BCUT2D eigenvalue weighted by Crippen LogP contribution is -2.45. The monoisotopic (exact) mass is 467 g/mol. The zero-order valence-corrected chi connectivity index (χ0v) is 19.0. The molecule has 1 atom stereocenters. The quantitative estimate of drug-likeness (QED) is 0.513. The van der Waals surface area contributed by atoms with Crippen molar-refractivity contribution < 1.29 is 13.9 Å². The molecule has 1 aliphatic rings. The van der Waals surface area contributed by atoms with Gasteiger partial charge in [0, 0.05) is 22.7 Å². The van der Waals surface area contributed by atoms with Gasteiger partial charge in [0.2, 0.25) is 5.91 Å². The number of carbonyl (C=O) groups is 1. The Balaban J connectivity index is 1.68. The maximum atomic E-state index is 15.0. The molecule has 0 aliphatic carbocycles. The number of aromatic nitrogens is 1. The largest absolute Gasteiger partial charge is 0.492 e. The van der Waals surface area contributed by atoms with Crippen LogP contribution in [-0.4, -0.2) is 42.0 Å². The summed E-state index contributed by atoms with van der Waals surface area (Å²) < 4.78 is 20.9. The fourth-order valence-corrected chi connectivity index (χ4v) is 4.35. The van der Waals surface area contributed by atoms with Gasteiger partial charge in [0.1, 0.15) is 18.2 Å². The van der Waals surface area contributed by atoms with Crippen LogP contribution in [0.3, 0.4) is 0 Å². The second kappa shape index (κ2) is 11.3. The summed E-state index contributed by atoms with van der Waals surface area (Å²) in [4.78, 5) is 19.4. The summed E-state index contributed by atoms with van der Waals surface area (Å²) in [5.74, 6) is 0.154. The Morgan fingerprint density at radius 2 is 1.85 bits per heavy atom. The zero-order valence-electron chi connectivity index (χ0n) is 18.3. The highest BCUT2D eigenvalue weighted by molar-refractivity contribution is 6.30. The molecule has 1 aliphatic heterocycles. The summed E-state index contributed by atoms with van der Waals surface area (Å²) in [5.41, 5.74) is 1.18. The number of benzene rings is 2. The molecule has 4 rings (SSSR count). The highest BCUT2D eigenvalue weighted by Gasteiger charge is 2.33. The Labute approximate surface area is 198 Å². The van der Waals surface area contributed by atoms with Gasteiger partial charge >= 0.3 is 0 Å². The van der Waals surface area contributed by atoms with Gasteiger partial charge in [-0.3, -0.25) is 9.78 Å². The number of hydrogen-bond acceptors (Lipinski definition) is 4. The number of rotatable bonds is 8. The maximum absolute atomic E-state index is 15.0. The van der Waals surface area contributed by atoms with E-state index >= 15 is 0 Å². The summed E-state index contributed by atoms with van der Waals surface area (Å²) in [6.07, 6.45) is 4.24. The molecule has 0 unspecified atom stereocenters. The summed E-state index contributed by atoms with van der Waals surface area (Å²) >= 11 is 6.12. The highest BCUT2D eigenvalue weighted by atomic mass is 35.5. The van der Waals surface area contributed by atoms with Crippen LogP contribution in [-0.2, 0) is 4.79 Å². The molecule has 5 nitrogen and oxygen atoms in total.